The number of likely N-dealkylation sites (tertiary alicyclic amines) is 1. The van der Waals surface area contributed by atoms with Crippen LogP contribution in [0.2, 0.25) is 0 Å². The Morgan fingerprint density at radius 3 is 2.50 bits per heavy atom. The second kappa shape index (κ2) is 9.27. The van der Waals surface area contributed by atoms with E-state index in [4.69, 9.17) is 0 Å². The van der Waals surface area contributed by atoms with Crippen LogP contribution in [-0.2, 0) is 4.79 Å². The second-order valence-corrected chi connectivity index (χ2v) is 6.39. The lowest BCUT2D eigenvalue weighted by Gasteiger charge is -2.35. The highest BCUT2D eigenvalue weighted by Gasteiger charge is 2.21. The molecule has 132 valence electrons. The van der Waals surface area contributed by atoms with Crippen LogP contribution in [0.1, 0.15) is 26.7 Å². The van der Waals surface area contributed by atoms with Crippen LogP contribution >= 0.6 is 0 Å². The van der Waals surface area contributed by atoms with Crippen molar-refractivity contribution in [1.29, 1.82) is 0 Å². The maximum Gasteiger partial charge on any atom is 0.243 e. The summed E-state index contributed by atoms with van der Waals surface area (Å²) >= 11 is 0. The van der Waals surface area contributed by atoms with Gasteiger partial charge < -0.3 is 20.9 Å². The third-order valence-corrected chi connectivity index (χ3v) is 4.30. The number of benzene rings is 1. The molecule has 1 amide bonds. The fourth-order valence-electron chi connectivity index (χ4n) is 2.84. The van der Waals surface area contributed by atoms with Crippen molar-refractivity contribution in [3.63, 3.8) is 0 Å². The van der Waals surface area contributed by atoms with E-state index in [0.717, 1.165) is 31.6 Å². The first-order valence-corrected chi connectivity index (χ1v) is 8.64. The number of piperidine rings is 1. The Balaban J connectivity index is 1.72. The molecule has 1 aromatic carbocycles. The van der Waals surface area contributed by atoms with Crippen LogP contribution in [0.3, 0.4) is 0 Å². The first-order valence-electron chi connectivity index (χ1n) is 8.64. The number of guanidine groups is 1. The third-order valence-electron chi connectivity index (χ3n) is 4.30. The summed E-state index contributed by atoms with van der Waals surface area (Å²) in [4.78, 5) is 18.7. The van der Waals surface area contributed by atoms with Gasteiger partial charge in [-0.3, -0.25) is 9.79 Å². The molecule has 24 heavy (non-hydrogen) atoms. The highest BCUT2D eigenvalue weighted by Crippen LogP contribution is 2.12. The summed E-state index contributed by atoms with van der Waals surface area (Å²) in [7, 11) is 1.73. The number of carbonyl (C=O) groups excluding carboxylic acids is 1. The molecule has 1 aliphatic rings. The standard InChI is InChI=1S/C18H29N5O/c1-14(2)23-11-9-16(10-12-23)22-18(19-3)20-13-17(24)21-15-7-5-4-6-8-15/h4-8,14,16H,9-13H2,1-3H3,(H,21,24)(H2,19,20,22). The number of carbonyl (C=O) groups is 1. The van der Waals surface area contributed by atoms with Crippen molar-refractivity contribution in [3.05, 3.63) is 30.3 Å². The second-order valence-electron chi connectivity index (χ2n) is 6.39. The van der Waals surface area contributed by atoms with Crippen LogP contribution in [-0.4, -0.2) is 55.5 Å². The number of nitrogens with zero attached hydrogens (tertiary/aromatic N) is 2. The van der Waals surface area contributed by atoms with Crippen LogP contribution in [0.25, 0.3) is 0 Å². The van der Waals surface area contributed by atoms with Gasteiger partial charge in [-0.25, -0.2) is 0 Å². The molecule has 0 aliphatic carbocycles. The third kappa shape index (κ3) is 5.85. The molecule has 0 atom stereocenters. The maximum atomic E-state index is 12.0. The molecule has 0 radical (unpaired) electrons. The SMILES string of the molecule is CN=C(NCC(=O)Nc1ccccc1)NC1CCN(C(C)C)CC1. The Labute approximate surface area is 144 Å². The van der Waals surface area contributed by atoms with Crippen LogP contribution in [0.5, 0.6) is 0 Å². The summed E-state index contributed by atoms with van der Waals surface area (Å²) in [6.45, 7) is 6.86. The molecule has 0 spiro atoms. The molecule has 1 aliphatic heterocycles. The molecule has 2 rings (SSSR count). The van der Waals surface area contributed by atoms with Crippen molar-refractivity contribution in [2.45, 2.75) is 38.8 Å². The summed E-state index contributed by atoms with van der Waals surface area (Å²) in [6, 6.07) is 10.5. The maximum absolute atomic E-state index is 12.0. The molecule has 0 saturated carbocycles. The van der Waals surface area contributed by atoms with Crippen LogP contribution in [0, 0.1) is 0 Å². The molecule has 0 aromatic heterocycles. The summed E-state index contributed by atoms with van der Waals surface area (Å²) in [5.74, 6) is 0.597. The van der Waals surface area contributed by atoms with Gasteiger partial charge in [0.15, 0.2) is 5.96 Å². The van der Waals surface area contributed by atoms with Gasteiger partial charge in [0.1, 0.15) is 0 Å². The van der Waals surface area contributed by atoms with E-state index in [2.05, 4.69) is 39.7 Å². The zero-order chi connectivity index (χ0) is 17.4. The fourth-order valence-corrected chi connectivity index (χ4v) is 2.84. The summed E-state index contributed by atoms with van der Waals surface area (Å²) < 4.78 is 0. The molecule has 1 aromatic rings. The minimum Gasteiger partial charge on any atom is -0.354 e. The Hall–Kier alpha value is -2.08. The minimum absolute atomic E-state index is 0.0845. The van der Waals surface area contributed by atoms with E-state index in [-0.39, 0.29) is 12.5 Å². The van der Waals surface area contributed by atoms with Crippen molar-refractivity contribution < 1.29 is 4.79 Å². The highest BCUT2D eigenvalue weighted by molar-refractivity contribution is 5.94. The van der Waals surface area contributed by atoms with E-state index in [1.54, 1.807) is 7.05 Å². The normalized spacial score (nSPS) is 16.9. The number of rotatable bonds is 5. The number of amides is 1. The first kappa shape index (κ1) is 18.3. The summed E-state index contributed by atoms with van der Waals surface area (Å²) in [6.07, 6.45) is 2.18. The van der Waals surface area contributed by atoms with Crippen molar-refractivity contribution in [2.75, 3.05) is 32.0 Å². The van der Waals surface area contributed by atoms with Gasteiger partial charge in [0.25, 0.3) is 0 Å². The van der Waals surface area contributed by atoms with Gasteiger partial charge in [0, 0.05) is 37.9 Å². The van der Waals surface area contributed by atoms with Gasteiger partial charge in [-0.1, -0.05) is 18.2 Å². The summed E-state index contributed by atoms with van der Waals surface area (Å²) in [5.41, 5.74) is 0.799. The molecule has 1 heterocycles. The lowest BCUT2D eigenvalue weighted by molar-refractivity contribution is -0.115. The monoisotopic (exact) mass is 331 g/mol. The van der Waals surface area contributed by atoms with E-state index in [1.165, 1.54) is 0 Å². The summed E-state index contributed by atoms with van der Waals surface area (Å²) in [5, 5.41) is 9.35. The molecule has 0 unspecified atom stereocenters. The lowest BCUT2D eigenvalue weighted by Crippen LogP contribution is -2.50. The number of nitrogens with one attached hydrogen (secondary N) is 3. The predicted octanol–water partition coefficient (Wildman–Crippen LogP) is 1.66. The minimum atomic E-state index is -0.0845. The molecular formula is C18H29N5O. The van der Waals surface area contributed by atoms with Gasteiger partial charge in [0.05, 0.1) is 6.54 Å². The largest absolute Gasteiger partial charge is 0.354 e. The zero-order valence-corrected chi connectivity index (χ0v) is 14.9. The molecule has 6 heteroatoms. The van der Waals surface area contributed by atoms with Gasteiger partial charge >= 0.3 is 0 Å². The number of para-hydroxylation sites is 1. The van der Waals surface area contributed by atoms with E-state index < -0.39 is 0 Å². The van der Waals surface area contributed by atoms with Gasteiger partial charge in [0.2, 0.25) is 5.91 Å². The quantitative estimate of drug-likeness (QED) is 0.567. The highest BCUT2D eigenvalue weighted by atomic mass is 16.1. The van der Waals surface area contributed by atoms with Crippen molar-refractivity contribution in [2.24, 2.45) is 4.99 Å². The Morgan fingerprint density at radius 2 is 1.92 bits per heavy atom. The van der Waals surface area contributed by atoms with E-state index in [9.17, 15) is 4.79 Å². The zero-order valence-electron chi connectivity index (χ0n) is 14.9. The molecular weight excluding hydrogens is 302 g/mol. The van der Waals surface area contributed by atoms with Crippen molar-refractivity contribution in [1.82, 2.24) is 15.5 Å². The van der Waals surface area contributed by atoms with Gasteiger partial charge in [-0.15, -0.1) is 0 Å². The predicted molar refractivity (Wildman–Crippen MR) is 99.3 cm³/mol. The first-order chi connectivity index (χ1) is 11.6. The average molecular weight is 331 g/mol. The number of aliphatic imine (C=N–C) groups is 1. The van der Waals surface area contributed by atoms with Crippen LogP contribution in [0.4, 0.5) is 5.69 Å². The number of hydrogen-bond donors (Lipinski definition) is 3. The lowest BCUT2D eigenvalue weighted by atomic mass is 10.0. The van der Waals surface area contributed by atoms with E-state index in [1.807, 2.05) is 30.3 Å². The Morgan fingerprint density at radius 1 is 1.25 bits per heavy atom. The van der Waals surface area contributed by atoms with E-state index in [0.29, 0.717) is 18.0 Å². The van der Waals surface area contributed by atoms with Crippen molar-refractivity contribution in [3.8, 4) is 0 Å². The average Bonchev–Trinajstić information content (AvgIpc) is 2.60. The van der Waals surface area contributed by atoms with Crippen molar-refractivity contribution >= 4 is 17.6 Å². The van der Waals surface area contributed by atoms with Gasteiger partial charge in [-0.05, 0) is 38.8 Å². The fraction of sp³-hybridized carbons (Fsp3) is 0.556. The Bertz CT molecular complexity index is 536. The smallest absolute Gasteiger partial charge is 0.243 e. The van der Waals surface area contributed by atoms with Gasteiger partial charge in [-0.2, -0.15) is 0 Å². The molecule has 6 nitrogen and oxygen atoms in total. The van der Waals surface area contributed by atoms with E-state index >= 15 is 0 Å². The topological polar surface area (TPSA) is 68.8 Å². The number of anilines is 1. The molecule has 1 saturated heterocycles. The number of hydrogen-bond acceptors (Lipinski definition) is 3. The molecule has 3 N–H and O–H groups in total. The molecule has 0 bridgehead atoms. The van der Waals surface area contributed by atoms with Crippen LogP contribution < -0.4 is 16.0 Å². The molecule has 1 fully saturated rings. The van der Waals surface area contributed by atoms with Crippen LogP contribution in [0.15, 0.2) is 35.3 Å². The Kier molecular flexibility index (Phi) is 7.06.